The fourth-order valence-electron chi connectivity index (χ4n) is 16.9. The molecule has 0 fully saturated rings. The zero-order valence-corrected chi connectivity index (χ0v) is 73.0. The summed E-state index contributed by atoms with van der Waals surface area (Å²) in [7, 11) is 0. The Morgan fingerprint density at radius 2 is 0.504 bits per heavy atom. The van der Waals surface area contributed by atoms with E-state index in [2.05, 4.69) is 54.7 Å². The third-order valence-corrected chi connectivity index (χ3v) is 23.3. The molecule has 0 saturated heterocycles. The Labute approximate surface area is 781 Å². The molecule has 0 spiro atoms. The summed E-state index contributed by atoms with van der Waals surface area (Å²) in [5.74, 6) is -34.2. The van der Waals surface area contributed by atoms with Crippen molar-refractivity contribution in [1.29, 1.82) is 0 Å². The molecule has 3 aliphatic rings. The lowest BCUT2D eigenvalue weighted by atomic mass is 9.98. The molecule has 0 amide bonds. The number of benzene rings is 12. The number of hydrogen-bond acceptors (Lipinski definition) is 9. The van der Waals surface area contributed by atoms with Gasteiger partial charge in [0, 0.05) is 89.5 Å². The van der Waals surface area contributed by atoms with E-state index in [-0.39, 0.29) is 60.5 Å². The first-order chi connectivity index (χ1) is 65.4. The number of halogens is 24. The summed E-state index contributed by atoms with van der Waals surface area (Å²) in [5.41, 5.74) is -6.33. The highest BCUT2D eigenvalue weighted by molar-refractivity contribution is 5.93. The molecule has 3 atom stereocenters. The number of esters is 3. The van der Waals surface area contributed by atoms with Gasteiger partial charge < -0.3 is 28.4 Å². The average molecular weight is 1960 g/mol. The lowest BCUT2D eigenvalue weighted by Crippen LogP contribution is -2.25. The minimum atomic E-state index is -4.80. The van der Waals surface area contributed by atoms with E-state index in [9.17, 15) is 93.4 Å². The molecular weight excluding hydrogens is 1870 g/mol. The zero-order valence-electron chi connectivity index (χ0n) is 73.0. The summed E-state index contributed by atoms with van der Waals surface area (Å²) in [6.45, 7) is 15.9. The van der Waals surface area contributed by atoms with Crippen LogP contribution in [0.4, 0.5) is 105 Å². The predicted molar refractivity (Wildman–Crippen MR) is 470 cm³/mol. The van der Waals surface area contributed by atoms with E-state index in [1.54, 1.807) is 36.4 Å². The van der Waals surface area contributed by atoms with Gasteiger partial charge in [0.05, 0.1) is 33.4 Å². The van der Waals surface area contributed by atoms with Crippen LogP contribution >= 0.6 is 0 Å². The highest BCUT2D eigenvalue weighted by atomic mass is 19.3. The van der Waals surface area contributed by atoms with Gasteiger partial charge in [0.25, 0.3) is 0 Å². The van der Waals surface area contributed by atoms with Gasteiger partial charge in [-0.3, -0.25) is 0 Å². The van der Waals surface area contributed by atoms with E-state index >= 15 is 26.3 Å². The summed E-state index contributed by atoms with van der Waals surface area (Å²) in [5, 5.41) is 0. The quantitative estimate of drug-likeness (QED) is 0.0188. The number of unbranched alkanes of at least 4 members (excludes halogenated alkanes) is 3. The monoisotopic (exact) mass is 1950 g/mol. The number of alkyl halides is 6. The first kappa shape index (κ1) is 104. The Hall–Kier alpha value is -14.0. The van der Waals surface area contributed by atoms with Gasteiger partial charge in [-0.15, -0.1) is 0 Å². The van der Waals surface area contributed by atoms with E-state index in [4.69, 9.17) is 14.2 Å². The van der Waals surface area contributed by atoms with E-state index in [0.717, 1.165) is 148 Å². The Balaban J connectivity index is 0.000000186. The molecule has 0 bridgehead atoms. The molecule has 9 nitrogen and oxygen atoms in total. The maximum absolute atomic E-state index is 15.1. The molecule has 0 heterocycles. The molecule has 3 unspecified atom stereocenters. The largest absolute Gasteiger partial charge is 0.432 e. The number of ether oxygens (including phenoxy) is 6. The first-order valence-corrected chi connectivity index (χ1v) is 43.0. The second-order valence-electron chi connectivity index (χ2n) is 33.0. The highest BCUT2D eigenvalue weighted by Gasteiger charge is 2.46. The second kappa shape index (κ2) is 43.4. The number of rotatable bonds is 30. The lowest BCUT2D eigenvalue weighted by molar-refractivity contribution is -0.190. The normalized spacial score (nSPS) is 14.1. The Bertz CT molecular complexity index is 6560. The molecule has 15 rings (SSSR count). The van der Waals surface area contributed by atoms with Crippen LogP contribution in [0.1, 0.15) is 184 Å². The van der Waals surface area contributed by atoms with Crippen molar-refractivity contribution in [3.05, 3.63) is 372 Å². The van der Waals surface area contributed by atoms with E-state index < -0.39 is 242 Å². The Morgan fingerprint density at radius 3 is 0.734 bits per heavy atom. The zero-order chi connectivity index (χ0) is 100. The van der Waals surface area contributed by atoms with Crippen LogP contribution in [0.25, 0.3) is 51.6 Å². The molecule has 0 radical (unpaired) electrons. The van der Waals surface area contributed by atoms with Crippen LogP contribution in [0.15, 0.2) is 184 Å². The Kier molecular flexibility index (Phi) is 32.4. The molecule has 139 heavy (non-hydrogen) atoms. The standard InChI is InChI=1S/C36H28F8O3.C35H26F8O3.C34H24F8O3.CH4/c1-3-5-6-7-19-10-20-8-9-21(12-22(20)11-19)35(45)46-24-15-29(39)33(30(40)16-24)23-13-31(41)34(32(42)14-23)36(43,44)47-25-17-27(37)26(4-2)28(38)18-25;1-3-5-6-18-9-19-7-8-20(11-21(19)10-18)34(44)45-23-14-28(38)32(29(39)15-23)22-12-30(40)33(31(41)13-22)35(42,43)46-24-16-26(36)25(4-2)27(37)17-24;1-3-5-17-8-18-6-7-19(10-20(18)9-17)33(43)44-22-13-27(37)31(28(38)14-22)21-11-29(39)32(30(40)12-21)34(41,42)45-23-15-25(35)24(4-2)26(36)16-23;/h4,8-9,12-19H,2-3,5-7,10-11H2,1H3;4,7-8,11-18H,2-3,5-6,9-10H2,1H3;4,6-7,10-17H,2-3,5,8-9H2,1H3;1H4. The maximum Gasteiger partial charge on any atom is 0.432 e. The topological polar surface area (TPSA) is 107 Å². The van der Waals surface area contributed by atoms with Crippen molar-refractivity contribution >= 4 is 36.1 Å². The van der Waals surface area contributed by atoms with E-state index in [1.165, 1.54) is 0 Å². The number of fused-ring (bicyclic) bond motifs is 3. The van der Waals surface area contributed by atoms with Crippen molar-refractivity contribution in [2.75, 3.05) is 0 Å². The smallest absolute Gasteiger partial charge is 0.429 e. The van der Waals surface area contributed by atoms with Crippen molar-refractivity contribution in [3.8, 4) is 67.9 Å². The first-order valence-electron chi connectivity index (χ1n) is 43.0. The lowest BCUT2D eigenvalue weighted by Gasteiger charge is -2.20. The molecule has 12 aromatic rings. The SMILES string of the molecule is C.C=Cc1c(F)cc(OC(F)(F)c2c(F)cc(-c3c(F)cc(OC(=O)c4ccc5c(c4)CC(CCC)C5)cc3F)cc2F)cc1F.C=Cc1c(F)cc(OC(F)(F)c2c(F)cc(-c3c(F)cc(OC(=O)c4ccc5c(c4)CC(CCCC)C5)cc3F)cc2F)cc1F.C=Cc1c(F)cc(OC(F)(F)c2c(F)cc(-c3c(F)cc(OC(=O)c4ccc5c(c4)CC(CCCCC)C5)cc3F)cc2F)cc1F. The third-order valence-electron chi connectivity index (χ3n) is 23.3. The van der Waals surface area contributed by atoms with E-state index in [0.29, 0.717) is 90.6 Å². The van der Waals surface area contributed by atoms with Gasteiger partial charge in [-0.1, -0.05) is 129 Å². The fraction of sp³-hybridized carbons (Fsp3) is 0.236. The Morgan fingerprint density at radius 1 is 0.281 bits per heavy atom. The minimum Gasteiger partial charge on any atom is -0.429 e. The summed E-state index contributed by atoms with van der Waals surface area (Å²) in [6.07, 6.45) is 2.85. The van der Waals surface area contributed by atoms with Gasteiger partial charge in [0.2, 0.25) is 0 Å². The molecule has 0 N–H and O–H groups in total. The highest BCUT2D eigenvalue weighted by Crippen LogP contribution is 2.46. The minimum absolute atomic E-state index is 0. The van der Waals surface area contributed by atoms with Crippen LogP contribution in [0.5, 0.6) is 34.5 Å². The molecule has 0 saturated carbocycles. The molecule has 0 aliphatic heterocycles. The van der Waals surface area contributed by atoms with Crippen LogP contribution < -0.4 is 28.4 Å². The van der Waals surface area contributed by atoms with Gasteiger partial charge in [0.1, 0.15) is 156 Å². The van der Waals surface area contributed by atoms with Crippen molar-refractivity contribution < 1.29 is 148 Å². The maximum atomic E-state index is 15.1. The molecule has 33 heteroatoms. The van der Waals surface area contributed by atoms with E-state index in [1.807, 2.05) is 18.2 Å². The van der Waals surface area contributed by atoms with Crippen LogP contribution in [0.2, 0.25) is 0 Å². The number of hydrogen-bond donors (Lipinski definition) is 0. The van der Waals surface area contributed by atoms with Gasteiger partial charge in [-0.05, 0) is 192 Å². The molecule has 0 aromatic heterocycles. The van der Waals surface area contributed by atoms with Crippen LogP contribution in [-0.2, 0) is 56.9 Å². The fourth-order valence-corrected chi connectivity index (χ4v) is 16.9. The summed E-state index contributed by atoms with van der Waals surface area (Å²) in [4.78, 5) is 38.3. The summed E-state index contributed by atoms with van der Waals surface area (Å²) in [6, 6.07) is 22.5. The van der Waals surface area contributed by atoms with Crippen molar-refractivity contribution in [2.24, 2.45) is 17.8 Å². The third kappa shape index (κ3) is 23.5. The van der Waals surface area contributed by atoms with Crippen molar-refractivity contribution in [3.63, 3.8) is 0 Å². The van der Waals surface area contributed by atoms with Crippen molar-refractivity contribution in [2.45, 2.75) is 143 Å². The summed E-state index contributed by atoms with van der Waals surface area (Å²) < 4.78 is 380. The predicted octanol–water partition coefficient (Wildman–Crippen LogP) is 30.9. The van der Waals surface area contributed by atoms with Gasteiger partial charge in [0.15, 0.2) is 0 Å². The van der Waals surface area contributed by atoms with Crippen molar-refractivity contribution in [1.82, 2.24) is 0 Å². The second-order valence-corrected chi connectivity index (χ2v) is 33.0. The molecule has 3 aliphatic carbocycles. The molecular formula is C106H82F24O9. The van der Waals surface area contributed by atoms with Gasteiger partial charge in [-0.2, -0.15) is 26.3 Å². The van der Waals surface area contributed by atoms with Crippen LogP contribution in [-0.4, -0.2) is 17.9 Å². The van der Waals surface area contributed by atoms with Crippen LogP contribution in [0.3, 0.4) is 0 Å². The molecule has 728 valence electrons. The van der Waals surface area contributed by atoms with Gasteiger partial charge in [-0.25, -0.2) is 93.4 Å². The van der Waals surface area contributed by atoms with Crippen LogP contribution in [0, 0.1) is 122 Å². The summed E-state index contributed by atoms with van der Waals surface area (Å²) >= 11 is 0. The number of carbonyl (C=O) groups is 3. The molecule has 12 aromatic carbocycles. The number of carbonyl (C=O) groups excluding carboxylic acids is 3. The van der Waals surface area contributed by atoms with Gasteiger partial charge >= 0.3 is 36.2 Å². The average Bonchev–Trinajstić information content (AvgIpc) is 1.75.